The van der Waals surface area contributed by atoms with Gasteiger partial charge in [0, 0.05) is 0 Å². The van der Waals surface area contributed by atoms with Gasteiger partial charge < -0.3 is 19.6 Å². The molecule has 0 aromatic rings. The molecule has 0 aromatic heterocycles. The van der Waals surface area contributed by atoms with Crippen molar-refractivity contribution in [2.45, 2.75) is 0 Å². The average Bonchev–Trinajstić information content (AvgIpc) is 0. The summed E-state index contributed by atoms with van der Waals surface area (Å²) in [7, 11) is 0. The van der Waals surface area contributed by atoms with Crippen LogP contribution in [0.25, 0.3) is 0 Å². The Morgan fingerprint density at radius 2 is 0.667 bits per heavy atom. The fourth-order valence-corrected chi connectivity index (χ4v) is 0. The van der Waals surface area contributed by atoms with Crippen molar-refractivity contribution >= 4 is 8.41 Å². The van der Waals surface area contributed by atoms with E-state index in [2.05, 4.69) is 0 Å². The van der Waals surface area contributed by atoms with Gasteiger partial charge in [0.2, 0.25) is 0 Å². The van der Waals surface area contributed by atoms with E-state index in [1.165, 1.54) is 0 Å². The van der Waals surface area contributed by atoms with E-state index in [-0.39, 0.29) is 79.4 Å². The van der Waals surface area contributed by atoms with Gasteiger partial charge in [-0.2, -0.15) is 0 Å². The van der Waals surface area contributed by atoms with Gasteiger partial charge in [-0.3, -0.25) is 0 Å². The van der Waals surface area contributed by atoms with E-state index in [4.69, 9.17) is 0 Å². The molecule has 0 aromatic carbocycles. The molecule has 0 rings (SSSR count). The summed E-state index contributed by atoms with van der Waals surface area (Å²) in [6.45, 7) is 0. The molecule has 0 amide bonds. The zero-order valence-corrected chi connectivity index (χ0v) is 6.28. The summed E-state index contributed by atoms with van der Waals surface area (Å²) in [5.74, 6) is 0. The SMILES string of the molecule is [B+3].[F-].[F-].[F-].[K+].[OH-]. The summed E-state index contributed by atoms with van der Waals surface area (Å²) in [6, 6.07) is 0. The van der Waals surface area contributed by atoms with Gasteiger partial charge in [0.15, 0.2) is 0 Å². The number of rotatable bonds is 0. The molecule has 0 fully saturated rings. The fourth-order valence-electron chi connectivity index (χ4n) is 0. The first-order valence-electron chi connectivity index (χ1n) is 0. The molecule has 0 aliphatic rings. The van der Waals surface area contributed by atoms with Crippen LogP contribution in [-0.4, -0.2) is 13.9 Å². The van der Waals surface area contributed by atoms with Crippen molar-refractivity contribution in [3.63, 3.8) is 0 Å². The Labute approximate surface area is 78.3 Å². The summed E-state index contributed by atoms with van der Waals surface area (Å²) in [5.41, 5.74) is 0. The van der Waals surface area contributed by atoms with Crippen molar-refractivity contribution < 1.29 is 71.0 Å². The van der Waals surface area contributed by atoms with Crippen LogP contribution in [0.5, 0.6) is 0 Å². The zero-order valence-electron chi connectivity index (χ0n) is 3.16. The molecule has 6 heteroatoms. The quantitative estimate of drug-likeness (QED) is 0.295. The minimum atomic E-state index is 0. The van der Waals surface area contributed by atoms with Gasteiger partial charge in [-0.05, 0) is 0 Å². The number of hydrogen-bond acceptors (Lipinski definition) is 1. The van der Waals surface area contributed by atoms with E-state index < -0.39 is 0 Å². The summed E-state index contributed by atoms with van der Waals surface area (Å²) < 4.78 is 0. The molecule has 0 radical (unpaired) electrons. The second-order valence-corrected chi connectivity index (χ2v) is 0. The molecule has 1 nitrogen and oxygen atoms in total. The maximum atomic E-state index is 0. The molecule has 0 spiro atoms. The minimum Gasteiger partial charge on any atom is -1.00 e. The topological polar surface area (TPSA) is 30.0 Å². The van der Waals surface area contributed by atoms with Crippen LogP contribution in [-0.2, 0) is 0 Å². The Morgan fingerprint density at radius 3 is 0.667 bits per heavy atom. The minimum absolute atomic E-state index is 0. The molecule has 1 N–H and O–H groups in total. The molecule has 6 heavy (non-hydrogen) atoms. The molecular formula is HBF3KO. The fraction of sp³-hybridized carbons (Fsp3) is 0. The van der Waals surface area contributed by atoms with Gasteiger partial charge in [0.1, 0.15) is 0 Å². The molecule has 0 aliphatic heterocycles. The number of halogens is 3. The number of hydrogen-bond donors (Lipinski definition) is 0. The Balaban J connectivity index is 0. The van der Waals surface area contributed by atoms with Gasteiger partial charge in [0.25, 0.3) is 0 Å². The standard InChI is InChI=1S/B.3FH.K.H2O/h;3*1H;;1H2/q+3;;;;+1;/p-4. The van der Waals surface area contributed by atoms with Gasteiger partial charge in [0.05, 0.1) is 0 Å². The predicted octanol–water partition coefficient (Wildman–Crippen LogP) is -12.5. The smallest absolute Gasteiger partial charge is 1.00 e. The van der Waals surface area contributed by atoms with Crippen molar-refractivity contribution in [2.24, 2.45) is 0 Å². The summed E-state index contributed by atoms with van der Waals surface area (Å²) in [4.78, 5) is 0. The summed E-state index contributed by atoms with van der Waals surface area (Å²) >= 11 is 0. The van der Waals surface area contributed by atoms with Crippen LogP contribution in [0.15, 0.2) is 0 Å². The molecule has 0 saturated carbocycles. The summed E-state index contributed by atoms with van der Waals surface area (Å²) in [5, 5.41) is 0. The van der Waals surface area contributed by atoms with Gasteiger partial charge >= 0.3 is 59.8 Å². The van der Waals surface area contributed by atoms with E-state index in [1.54, 1.807) is 0 Å². The monoisotopic (exact) mass is 124 g/mol. The second kappa shape index (κ2) is 91.0. The molecule has 32 valence electrons. The van der Waals surface area contributed by atoms with Crippen molar-refractivity contribution in [2.75, 3.05) is 0 Å². The average molecular weight is 124 g/mol. The molecule has 0 heterocycles. The van der Waals surface area contributed by atoms with E-state index in [1.807, 2.05) is 0 Å². The normalized spacial score (nSPS) is 0. The molecule has 0 saturated heterocycles. The molecular weight excluding hydrogens is 123 g/mol. The van der Waals surface area contributed by atoms with Crippen LogP contribution in [0.3, 0.4) is 0 Å². The van der Waals surface area contributed by atoms with E-state index in [0.717, 1.165) is 0 Å². The van der Waals surface area contributed by atoms with Gasteiger partial charge in [-0.25, -0.2) is 0 Å². The van der Waals surface area contributed by atoms with Crippen LogP contribution in [0.2, 0.25) is 0 Å². The third-order valence-electron chi connectivity index (χ3n) is 0. The molecule has 0 aliphatic carbocycles. The van der Waals surface area contributed by atoms with Crippen LogP contribution in [0.1, 0.15) is 0 Å². The van der Waals surface area contributed by atoms with Crippen molar-refractivity contribution in [3.8, 4) is 0 Å². The third kappa shape index (κ3) is 51.3. The molecule has 0 atom stereocenters. The first-order chi connectivity index (χ1) is 0. The van der Waals surface area contributed by atoms with Gasteiger partial charge in [-0.1, -0.05) is 0 Å². The maximum absolute atomic E-state index is 0. The first kappa shape index (κ1) is 147. The Hall–Kier alpha value is 1.45. The van der Waals surface area contributed by atoms with E-state index in [0.29, 0.717) is 0 Å². The Kier molecular flexibility index (Phi) is 2230. The van der Waals surface area contributed by atoms with Crippen LogP contribution in [0, 0.1) is 0 Å². The Bertz CT molecular complexity index is 10.8. The maximum Gasteiger partial charge on any atom is 3.00 e. The van der Waals surface area contributed by atoms with Crippen molar-refractivity contribution in [3.05, 3.63) is 0 Å². The predicted molar refractivity (Wildman–Crippen MR) is 7.69 cm³/mol. The first-order valence-corrected chi connectivity index (χ1v) is 0. The van der Waals surface area contributed by atoms with Crippen molar-refractivity contribution in [1.82, 2.24) is 0 Å². The van der Waals surface area contributed by atoms with E-state index in [9.17, 15) is 0 Å². The third-order valence-corrected chi connectivity index (χ3v) is 0. The van der Waals surface area contributed by atoms with Crippen LogP contribution in [0.4, 0.5) is 0 Å². The van der Waals surface area contributed by atoms with Crippen LogP contribution >= 0.6 is 0 Å². The molecule has 0 bridgehead atoms. The summed E-state index contributed by atoms with van der Waals surface area (Å²) in [6.07, 6.45) is 0. The zero-order chi connectivity index (χ0) is 0. The largest absolute Gasteiger partial charge is 3.00 e. The Morgan fingerprint density at radius 1 is 0.667 bits per heavy atom. The van der Waals surface area contributed by atoms with E-state index >= 15 is 0 Å². The van der Waals surface area contributed by atoms with Gasteiger partial charge in [-0.15, -0.1) is 0 Å². The van der Waals surface area contributed by atoms with Crippen LogP contribution < -0.4 is 65.5 Å². The molecule has 0 unspecified atom stereocenters. The second-order valence-electron chi connectivity index (χ2n) is 0. The van der Waals surface area contributed by atoms with Crippen molar-refractivity contribution in [1.29, 1.82) is 0 Å².